The molecule has 0 unspecified atom stereocenters. The van der Waals surface area contributed by atoms with E-state index in [1.165, 1.54) is 0 Å². The van der Waals surface area contributed by atoms with Crippen LogP contribution in [0.25, 0.3) is 0 Å². The Hall–Kier alpha value is -0.150. The second kappa shape index (κ2) is 2.42. The molecule has 1 fully saturated rings. The van der Waals surface area contributed by atoms with E-state index >= 15 is 0 Å². The first-order valence-electron chi connectivity index (χ1n) is 2.49. The van der Waals surface area contributed by atoms with Crippen molar-refractivity contribution >= 4 is 11.8 Å². The second-order valence-electron chi connectivity index (χ2n) is 1.76. The SMILES string of the molecule is C=C(O)[C@@H]1CSCN1. The van der Waals surface area contributed by atoms with Crippen molar-refractivity contribution in [3.8, 4) is 0 Å². The van der Waals surface area contributed by atoms with Crippen molar-refractivity contribution in [1.82, 2.24) is 5.32 Å². The summed E-state index contributed by atoms with van der Waals surface area (Å²) < 4.78 is 0. The zero-order valence-corrected chi connectivity index (χ0v) is 5.37. The van der Waals surface area contributed by atoms with Crippen molar-refractivity contribution in [3.05, 3.63) is 12.3 Å². The topological polar surface area (TPSA) is 32.3 Å². The number of rotatable bonds is 1. The van der Waals surface area contributed by atoms with Crippen molar-refractivity contribution in [2.75, 3.05) is 11.6 Å². The van der Waals surface area contributed by atoms with E-state index in [1.807, 2.05) is 0 Å². The molecule has 0 radical (unpaired) electrons. The van der Waals surface area contributed by atoms with Gasteiger partial charge < -0.3 is 5.11 Å². The van der Waals surface area contributed by atoms with Gasteiger partial charge in [0.1, 0.15) is 5.76 Å². The monoisotopic (exact) mass is 131 g/mol. The minimum absolute atomic E-state index is 0.139. The van der Waals surface area contributed by atoms with Gasteiger partial charge in [-0.15, -0.1) is 11.8 Å². The third-order valence-corrected chi connectivity index (χ3v) is 2.06. The molecule has 2 nitrogen and oxygen atoms in total. The van der Waals surface area contributed by atoms with Gasteiger partial charge in [-0.25, -0.2) is 0 Å². The molecule has 1 rings (SSSR count). The molecule has 2 N–H and O–H groups in total. The molecular formula is C5H9NOS. The summed E-state index contributed by atoms with van der Waals surface area (Å²) in [6.07, 6.45) is 0. The minimum Gasteiger partial charge on any atom is -0.511 e. The number of aliphatic hydroxyl groups excluding tert-OH is 1. The van der Waals surface area contributed by atoms with Crippen LogP contribution in [-0.2, 0) is 0 Å². The zero-order valence-electron chi connectivity index (χ0n) is 4.55. The fourth-order valence-corrected chi connectivity index (χ4v) is 1.59. The fourth-order valence-electron chi connectivity index (χ4n) is 0.609. The van der Waals surface area contributed by atoms with Crippen LogP contribution in [0.4, 0.5) is 0 Å². The third-order valence-electron chi connectivity index (χ3n) is 1.12. The minimum atomic E-state index is 0.139. The lowest BCUT2D eigenvalue weighted by Crippen LogP contribution is -2.24. The molecule has 1 aliphatic rings. The molecule has 0 aromatic rings. The molecule has 0 bridgehead atoms. The molecule has 1 saturated heterocycles. The molecule has 1 atom stereocenters. The van der Waals surface area contributed by atoms with Gasteiger partial charge in [-0.05, 0) is 0 Å². The van der Waals surface area contributed by atoms with E-state index in [2.05, 4.69) is 11.9 Å². The van der Waals surface area contributed by atoms with E-state index in [1.54, 1.807) is 11.8 Å². The summed E-state index contributed by atoms with van der Waals surface area (Å²) in [4.78, 5) is 0. The van der Waals surface area contributed by atoms with Gasteiger partial charge in [-0.1, -0.05) is 6.58 Å². The Balaban J connectivity index is 2.35. The summed E-state index contributed by atoms with van der Waals surface area (Å²) in [5.74, 6) is 2.15. The van der Waals surface area contributed by atoms with E-state index in [-0.39, 0.29) is 11.8 Å². The predicted octanol–water partition coefficient (Wildman–Crippen LogP) is 0.721. The van der Waals surface area contributed by atoms with Crippen LogP contribution in [0.5, 0.6) is 0 Å². The standard InChI is InChI=1S/C5H9NOS/c1-4(7)5-2-8-3-6-5/h5-7H,1-3H2/t5-/m0/s1. The van der Waals surface area contributed by atoms with Gasteiger partial charge >= 0.3 is 0 Å². The van der Waals surface area contributed by atoms with Gasteiger partial charge in [0, 0.05) is 11.6 Å². The van der Waals surface area contributed by atoms with Crippen LogP contribution in [0.2, 0.25) is 0 Å². The number of aliphatic hydroxyl groups is 1. The lowest BCUT2D eigenvalue weighted by molar-refractivity contribution is 0.365. The highest BCUT2D eigenvalue weighted by atomic mass is 32.2. The molecule has 1 heterocycles. The van der Waals surface area contributed by atoms with Gasteiger partial charge in [0.15, 0.2) is 0 Å². The molecule has 0 aromatic carbocycles. The molecule has 0 aromatic heterocycles. The van der Waals surface area contributed by atoms with Crippen LogP contribution in [0.15, 0.2) is 12.3 Å². The summed E-state index contributed by atoms with van der Waals surface area (Å²) in [7, 11) is 0. The van der Waals surface area contributed by atoms with Crippen LogP contribution in [0.1, 0.15) is 0 Å². The van der Waals surface area contributed by atoms with Crippen LogP contribution in [0.3, 0.4) is 0 Å². The molecule has 0 spiro atoms. The maximum Gasteiger partial charge on any atom is 0.103 e. The molecule has 0 amide bonds. The largest absolute Gasteiger partial charge is 0.511 e. The number of thioether (sulfide) groups is 1. The second-order valence-corrected chi connectivity index (χ2v) is 2.79. The Kier molecular flexibility index (Phi) is 1.81. The zero-order chi connectivity index (χ0) is 5.98. The molecule has 8 heavy (non-hydrogen) atoms. The molecule has 46 valence electrons. The summed E-state index contributed by atoms with van der Waals surface area (Å²) in [5, 5.41) is 11.9. The Labute approximate surface area is 53.0 Å². The van der Waals surface area contributed by atoms with Gasteiger partial charge in [0.25, 0.3) is 0 Å². The van der Waals surface area contributed by atoms with Gasteiger partial charge in [-0.2, -0.15) is 0 Å². The smallest absolute Gasteiger partial charge is 0.103 e. The van der Waals surface area contributed by atoms with Crippen molar-refractivity contribution in [2.24, 2.45) is 0 Å². The molecule has 3 heteroatoms. The predicted molar refractivity (Wildman–Crippen MR) is 36.0 cm³/mol. The van der Waals surface area contributed by atoms with E-state index in [0.29, 0.717) is 0 Å². The average molecular weight is 131 g/mol. The van der Waals surface area contributed by atoms with E-state index in [0.717, 1.165) is 11.6 Å². The van der Waals surface area contributed by atoms with Crippen molar-refractivity contribution < 1.29 is 5.11 Å². The first kappa shape index (κ1) is 5.98. The van der Waals surface area contributed by atoms with E-state index in [4.69, 9.17) is 5.11 Å². The lowest BCUT2D eigenvalue weighted by Gasteiger charge is -2.04. The highest BCUT2D eigenvalue weighted by Crippen LogP contribution is 2.12. The first-order valence-corrected chi connectivity index (χ1v) is 3.65. The molecule has 0 aliphatic carbocycles. The average Bonchev–Trinajstić information content (AvgIpc) is 2.12. The maximum atomic E-state index is 8.78. The summed E-state index contributed by atoms with van der Waals surface area (Å²) >= 11 is 1.78. The highest BCUT2D eigenvalue weighted by Gasteiger charge is 2.15. The summed E-state index contributed by atoms with van der Waals surface area (Å²) in [5.41, 5.74) is 0. The van der Waals surface area contributed by atoms with Crippen molar-refractivity contribution in [2.45, 2.75) is 6.04 Å². The number of nitrogens with one attached hydrogen (secondary N) is 1. The quantitative estimate of drug-likeness (QED) is 0.514. The van der Waals surface area contributed by atoms with Crippen LogP contribution >= 0.6 is 11.8 Å². The van der Waals surface area contributed by atoms with E-state index in [9.17, 15) is 0 Å². The van der Waals surface area contributed by atoms with Crippen LogP contribution in [-0.4, -0.2) is 22.8 Å². The molecular weight excluding hydrogens is 122 g/mol. The van der Waals surface area contributed by atoms with E-state index < -0.39 is 0 Å². The Morgan fingerprint density at radius 3 is 2.88 bits per heavy atom. The van der Waals surface area contributed by atoms with Gasteiger partial charge in [-0.3, -0.25) is 5.32 Å². The maximum absolute atomic E-state index is 8.78. The van der Waals surface area contributed by atoms with Crippen molar-refractivity contribution in [3.63, 3.8) is 0 Å². The third kappa shape index (κ3) is 1.17. The Morgan fingerprint density at radius 2 is 2.62 bits per heavy atom. The van der Waals surface area contributed by atoms with Gasteiger partial charge in [0.05, 0.1) is 6.04 Å². The molecule has 1 aliphatic heterocycles. The lowest BCUT2D eigenvalue weighted by atomic mass is 10.3. The van der Waals surface area contributed by atoms with Crippen LogP contribution in [0, 0.1) is 0 Å². The summed E-state index contributed by atoms with van der Waals surface area (Å²) in [6, 6.07) is 0.139. The normalized spacial score (nSPS) is 28.2. The Morgan fingerprint density at radius 1 is 1.88 bits per heavy atom. The van der Waals surface area contributed by atoms with Gasteiger partial charge in [0.2, 0.25) is 0 Å². The number of hydrogen-bond donors (Lipinski definition) is 2. The van der Waals surface area contributed by atoms with Crippen molar-refractivity contribution in [1.29, 1.82) is 0 Å². The first-order chi connectivity index (χ1) is 3.80. The number of hydrogen-bond acceptors (Lipinski definition) is 3. The van der Waals surface area contributed by atoms with Crippen LogP contribution < -0.4 is 5.32 Å². The molecule has 0 saturated carbocycles. The summed E-state index contributed by atoms with van der Waals surface area (Å²) in [6.45, 7) is 3.42. The fraction of sp³-hybridized carbons (Fsp3) is 0.600. The highest BCUT2D eigenvalue weighted by molar-refractivity contribution is 7.99. The Bertz CT molecular complexity index is 98.6.